The van der Waals surface area contributed by atoms with Crippen LogP contribution in [0.2, 0.25) is 0 Å². The van der Waals surface area contributed by atoms with Gasteiger partial charge in [0.15, 0.2) is 0 Å². The van der Waals surface area contributed by atoms with E-state index in [1.165, 1.54) is 81.4 Å². The number of anilines is 3. The van der Waals surface area contributed by atoms with Crippen LogP contribution in [0.25, 0.3) is 53.2 Å². The molecule has 0 bridgehead atoms. The summed E-state index contributed by atoms with van der Waals surface area (Å²) < 4.78 is 2.62. The average molecular weight is 594 g/mol. The number of benzene rings is 7. The van der Waals surface area contributed by atoms with Gasteiger partial charge in [-0.2, -0.15) is 0 Å². The maximum absolute atomic E-state index is 2.54. The fourth-order valence-corrected chi connectivity index (χ4v) is 8.79. The van der Waals surface area contributed by atoms with Crippen molar-refractivity contribution in [1.29, 1.82) is 0 Å². The Morgan fingerprint density at radius 3 is 2.02 bits per heavy atom. The van der Waals surface area contributed by atoms with Crippen LogP contribution in [-0.4, -0.2) is 0 Å². The lowest BCUT2D eigenvalue weighted by Gasteiger charge is -2.31. The Hall–Kier alpha value is -5.18. The molecule has 9 rings (SSSR count). The third-order valence-corrected chi connectivity index (χ3v) is 10.9. The summed E-state index contributed by atoms with van der Waals surface area (Å²) in [6.07, 6.45) is 0. The molecule has 0 spiro atoms. The molecule has 0 unspecified atom stereocenters. The number of para-hydroxylation sites is 1. The van der Waals surface area contributed by atoms with Gasteiger partial charge in [0, 0.05) is 32.0 Å². The molecule has 0 N–H and O–H groups in total. The first-order valence-corrected chi connectivity index (χ1v) is 16.4. The molecule has 0 fully saturated rings. The predicted molar refractivity (Wildman–Crippen MR) is 195 cm³/mol. The molecule has 1 nitrogen and oxygen atoms in total. The highest BCUT2D eigenvalue weighted by Crippen LogP contribution is 2.56. The van der Waals surface area contributed by atoms with E-state index in [1.807, 2.05) is 11.3 Å². The molecule has 0 amide bonds. The van der Waals surface area contributed by atoms with E-state index in [4.69, 9.17) is 0 Å². The van der Waals surface area contributed by atoms with Crippen molar-refractivity contribution in [3.05, 3.63) is 163 Å². The normalized spacial score (nSPS) is 13.3. The summed E-state index contributed by atoms with van der Waals surface area (Å²) in [5.41, 5.74) is 11.3. The van der Waals surface area contributed by atoms with Gasteiger partial charge >= 0.3 is 0 Å². The molecule has 1 heterocycles. The van der Waals surface area contributed by atoms with Gasteiger partial charge in [0.25, 0.3) is 0 Å². The van der Waals surface area contributed by atoms with Crippen LogP contribution in [-0.2, 0) is 5.41 Å². The SMILES string of the molecule is CC1(C)c2ccccc2-c2c(N(c3ccccc3-c3ccccc3)c3cccc4c3sc3ccc5ccccc5c34)cccc21. The van der Waals surface area contributed by atoms with Crippen LogP contribution >= 0.6 is 11.3 Å². The lowest BCUT2D eigenvalue weighted by Crippen LogP contribution is -2.16. The van der Waals surface area contributed by atoms with Crippen molar-refractivity contribution in [2.24, 2.45) is 0 Å². The first-order valence-electron chi connectivity index (χ1n) is 15.6. The van der Waals surface area contributed by atoms with E-state index >= 15 is 0 Å². The van der Waals surface area contributed by atoms with Crippen molar-refractivity contribution in [3.63, 3.8) is 0 Å². The minimum absolute atomic E-state index is 0.0882. The Kier molecular flexibility index (Phi) is 5.78. The standard InChI is InChI=1S/C43H31NS/c1-43(2)34-21-10-8-19-32(34)41-35(43)22-13-24-37(41)44(36-23-11-9-17-30(36)28-14-4-3-5-15-28)38-25-12-20-33-40-31-18-7-6-16-29(31)26-27-39(40)45-42(33)38/h3-27H,1-2H3. The van der Waals surface area contributed by atoms with Gasteiger partial charge in [-0.05, 0) is 57.3 Å². The smallest absolute Gasteiger partial charge is 0.0640 e. The molecular weight excluding hydrogens is 563 g/mol. The molecule has 0 atom stereocenters. The molecule has 0 saturated heterocycles. The zero-order valence-electron chi connectivity index (χ0n) is 25.3. The highest BCUT2D eigenvalue weighted by molar-refractivity contribution is 7.26. The number of hydrogen-bond acceptors (Lipinski definition) is 2. The topological polar surface area (TPSA) is 3.24 Å². The lowest BCUT2D eigenvalue weighted by molar-refractivity contribution is 0.660. The van der Waals surface area contributed by atoms with Crippen LogP contribution < -0.4 is 4.90 Å². The minimum Gasteiger partial charge on any atom is -0.308 e. The van der Waals surface area contributed by atoms with E-state index in [9.17, 15) is 0 Å². The van der Waals surface area contributed by atoms with Crippen molar-refractivity contribution in [2.75, 3.05) is 4.90 Å². The van der Waals surface area contributed by atoms with Crippen molar-refractivity contribution in [2.45, 2.75) is 19.3 Å². The summed E-state index contributed by atoms with van der Waals surface area (Å²) in [6.45, 7) is 4.73. The van der Waals surface area contributed by atoms with Gasteiger partial charge in [-0.3, -0.25) is 0 Å². The van der Waals surface area contributed by atoms with Crippen LogP contribution in [0, 0.1) is 0 Å². The predicted octanol–water partition coefficient (Wildman–Crippen LogP) is 12.7. The van der Waals surface area contributed by atoms with Gasteiger partial charge in [0.1, 0.15) is 0 Å². The van der Waals surface area contributed by atoms with E-state index in [0.717, 1.165) is 0 Å². The van der Waals surface area contributed by atoms with Crippen molar-refractivity contribution >= 4 is 59.3 Å². The molecule has 0 aliphatic heterocycles. The Balaban J connectivity index is 1.41. The van der Waals surface area contributed by atoms with E-state index in [1.54, 1.807) is 0 Å². The second-order valence-corrected chi connectivity index (χ2v) is 13.6. The van der Waals surface area contributed by atoms with Crippen LogP contribution in [0.5, 0.6) is 0 Å². The molecule has 0 radical (unpaired) electrons. The summed E-state index contributed by atoms with van der Waals surface area (Å²) in [7, 11) is 0. The summed E-state index contributed by atoms with van der Waals surface area (Å²) in [5, 5.41) is 5.24. The number of rotatable bonds is 4. The number of fused-ring (bicyclic) bond motifs is 8. The highest BCUT2D eigenvalue weighted by atomic mass is 32.1. The lowest BCUT2D eigenvalue weighted by atomic mass is 9.82. The van der Waals surface area contributed by atoms with Gasteiger partial charge in [-0.15, -0.1) is 11.3 Å². The quantitative estimate of drug-likeness (QED) is 0.196. The number of hydrogen-bond donors (Lipinski definition) is 0. The molecule has 45 heavy (non-hydrogen) atoms. The Bertz CT molecular complexity index is 2410. The maximum atomic E-state index is 2.54. The van der Waals surface area contributed by atoms with Gasteiger partial charge in [-0.1, -0.05) is 141 Å². The largest absolute Gasteiger partial charge is 0.308 e. The molecule has 214 valence electrons. The summed E-state index contributed by atoms with van der Waals surface area (Å²) in [6, 6.07) is 55.7. The second kappa shape index (κ2) is 9.92. The molecule has 1 aliphatic carbocycles. The summed E-state index contributed by atoms with van der Waals surface area (Å²) >= 11 is 1.90. The molecular formula is C43H31NS. The van der Waals surface area contributed by atoms with Crippen LogP contribution in [0.15, 0.2) is 152 Å². The van der Waals surface area contributed by atoms with Crippen molar-refractivity contribution in [1.82, 2.24) is 0 Å². The average Bonchev–Trinajstić information content (AvgIpc) is 3.59. The first-order chi connectivity index (χ1) is 22.1. The Morgan fingerprint density at radius 1 is 0.489 bits per heavy atom. The van der Waals surface area contributed by atoms with Gasteiger partial charge in [0.05, 0.1) is 21.8 Å². The molecule has 0 saturated carbocycles. The zero-order chi connectivity index (χ0) is 30.1. The molecule has 1 aromatic heterocycles. The van der Waals surface area contributed by atoms with Gasteiger partial charge < -0.3 is 4.90 Å². The monoisotopic (exact) mass is 593 g/mol. The Labute approximate surface area is 267 Å². The summed E-state index contributed by atoms with van der Waals surface area (Å²) in [4.78, 5) is 2.54. The van der Waals surface area contributed by atoms with E-state index in [2.05, 4.69) is 170 Å². The molecule has 8 aromatic rings. The fourth-order valence-electron chi connectivity index (χ4n) is 7.57. The van der Waals surface area contributed by atoms with E-state index in [-0.39, 0.29) is 5.41 Å². The molecule has 7 aromatic carbocycles. The van der Waals surface area contributed by atoms with Crippen LogP contribution in [0.1, 0.15) is 25.0 Å². The Morgan fingerprint density at radius 2 is 1.13 bits per heavy atom. The third kappa shape index (κ3) is 3.86. The van der Waals surface area contributed by atoms with Crippen LogP contribution in [0.4, 0.5) is 17.1 Å². The van der Waals surface area contributed by atoms with Crippen LogP contribution in [0.3, 0.4) is 0 Å². The molecule has 2 heteroatoms. The van der Waals surface area contributed by atoms with E-state index in [0.29, 0.717) is 0 Å². The molecule has 1 aliphatic rings. The third-order valence-electron chi connectivity index (χ3n) is 9.66. The number of thiophene rings is 1. The van der Waals surface area contributed by atoms with Crippen molar-refractivity contribution < 1.29 is 0 Å². The first kappa shape index (κ1) is 26.2. The van der Waals surface area contributed by atoms with E-state index < -0.39 is 0 Å². The summed E-state index contributed by atoms with van der Waals surface area (Å²) in [5.74, 6) is 0. The second-order valence-electron chi connectivity index (χ2n) is 12.5. The number of nitrogens with zero attached hydrogens (tertiary/aromatic N) is 1. The van der Waals surface area contributed by atoms with Gasteiger partial charge in [0.2, 0.25) is 0 Å². The maximum Gasteiger partial charge on any atom is 0.0640 e. The minimum atomic E-state index is -0.0882. The van der Waals surface area contributed by atoms with Crippen molar-refractivity contribution in [3.8, 4) is 22.3 Å². The zero-order valence-corrected chi connectivity index (χ0v) is 26.1. The van der Waals surface area contributed by atoms with Gasteiger partial charge in [-0.25, -0.2) is 0 Å². The highest BCUT2D eigenvalue weighted by Gasteiger charge is 2.38. The fraction of sp³-hybridized carbons (Fsp3) is 0.0698.